The Bertz CT molecular complexity index is 341. The molecule has 1 aromatic rings. The summed E-state index contributed by atoms with van der Waals surface area (Å²) in [6.07, 6.45) is -5.52. The van der Waals surface area contributed by atoms with E-state index < -0.39 is 24.5 Å². The van der Waals surface area contributed by atoms with Crippen LogP contribution in [0.3, 0.4) is 0 Å². The molecular formula is C10H12F3NO2. The maximum Gasteiger partial charge on any atom is 0.418 e. The Hall–Kier alpha value is -1.27. The first-order valence-electron chi connectivity index (χ1n) is 4.64. The minimum atomic E-state index is -4.44. The van der Waals surface area contributed by atoms with Crippen LogP contribution in [-0.2, 0) is 6.18 Å². The van der Waals surface area contributed by atoms with E-state index in [1.54, 1.807) is 0 Å². The molecule has 3 N–H and O–H groups in total. The van der Waals surface area contributed by atoms with Gasteiger partial charge in [-0.15, -0.1) is 0 Å². The van der Waals surface area contributed by atoms with E-state index >= 15 is 0 Å². The molecule has 0 aliphatic carbocycles. The second-order valence-electron chi connectivity index (χ2n) is 3.26. The summed E-state index contributed by atoms with van der Waals surface area (Å²) in [4.78, 5) is 0. The average molecular weight is 235 g/mol. The van der Waals surface area contributed by atoms with Crippen molar-refractivity contribution in [1.29, 1.82) is 0 Å². The monoisotopic (exact) mass is 235 g/mol. The van der Waals surface area contributed by atoms with Crippen LogP contribution >= 0.6 is 0 Å². The van der Waals surface area contributed by atoms with Crippen molar-refractivity contribution in [3.05, 3.63) is 29.8 Å². The van der Waals surface area contributed by atoms with E-state index in [-0.39, 0.29) is 12.2 Å². The van der Waals surface area contributed by atoms with E-state index in [2.05, 4.69) is 5.32 Å². The Morgan fingerprint density at radius 1 is 1.25 bits per heavy atom. The van der Waals surface area contributed by atoms with Gasteiger partial charge in [-0.2, -0.15) is 13.2 Å². The molecule has 0 radical (unpaired) electrons. The lowest BCUT2D eigenvalue weighted by molar-refractivity contribution is -0.137. The number of nitrogens with one attached hydrogen (secondary N) is 1. The minimum absolute atomic E-state index is 0.109. The summed E-state index contributed by atoms with van der Waals surface area (Å²) in [7, 11) is 0. The number of rotatable bonds is 4. The van der Waals surface area contributed by atoms with Crippen LogP contribution in [0, 0.1) is 0 Å². The topological polar surface area (TPSA) is 52.5 Å². The highest BCUT2D eigenvalue weighted by molar-refractivity contribution is 5.52. The van der Waals surface area contributed by atoms with Crippen LogP contribution in [0.2, 0.25) is 0 Å². The van der Waals surface area contributed by atoms with Crippen LogP contribution < -0.4 is 5.32 Å². The Morgan fingerprint density at radius 2 is 1.88 bits per heavy atom. The first-order chi connectivity index (χ1) is 7.45. The van der Waals surface area contributed by atoms with Gasteiger partial charge in [-0.1, -0.05) is 12.1 Å². The normalized spacial score (nSPS) is 13.6. The molecule has 1 unspecified atom stereocenters. The molecule has 1 atom stereocenters. The van der Waals surface area contributed by atoms with Crippen molar-refractivity contribution >= 4 is 5.69 Å². The summed E-state index contributed by atoms with van der Waals surface area (Å²) < 4.78 is 37.5. The smallest absolute Gasteiger partial charge is 0.394 e. The highest BCUT2D eigenvalue weighted by Gasteiger charge is 2.33. The zero-order valence-electron chi connectivity index (χ0n) is 8.33. The van der Waals surface area contributed by atoms with Gasteiger partial charge in [-0.3, -0.25) is 0 Å². The third kappa shape index (κ3) is 3.39. The van der Waals surface area contributed by atoms with Crippen LogP contribution in [0.1, 0.15) is 5.56 Å². The number of anilines is 1. The minimum Gasteiger partial charge on any atom is -0.394 e. The second-order valence-corrected chi connectivity index (χ2v) is 3.26. The zero-order chi connectivity index (χ0) is 12.2. The van der Waals surface area contributed by atoms with Gasteiger partial charge in [-0.25, -0.2) is 0 Å². The first kappa shape index (κ1) is 12.8. The first-order valence-corrected chi connectivity index (χ1v) is 4.64. The summed E-state index contributed by atoms with van der Waals surface area (Å²) >= 11 is 0. The summed E-state index contributed by atoms with van der Waals surface area (Å²) in [6, 6.07) is 4.97. The van der Waals surface area contributed by atoms with Crippen molar-refractivity contribution in [1.82, 2.24) is 0 Å². The molecule has 0 amide bonds. The maximum atomic E-state index is 12.5. The molecule has 16 heavy (non-hydrogen) atoms. The fraction of sp³-hybridized carbons (Fsp3) is 0.400. The highest BCUT2D eigenvalue weighted by atomic mass is 19.4. The lowest BCUT2D eigenvalue weighted by Gasteiger charge is -2.15. The van der Waals surface area contributed by atoms with Gasteiger partial charge in [0.1, 0.15) is 0 Å². The third-order valence-electron chi connectivity index (χ3n) is 1.97. The van der Waals surface area contributed by atoms with Crippen molar-refractivity contribution in [2.24, 2.45) is 0 Å². The molecule has 1 rings (SSSR count). The predicted octanol–water partition coefficient (Wildman–Crippen LogP) is 1.47. The molecule has 90 valence electrons. The van der Waals surface area contributed by atoms with Gasteiger partial charge >= 0.3 is 6.18 Å². The van der Waals surface area contributed by atoms with Gasteiger partial charge < -0.3 is 15.5 Å². The van der Waals surface area contributed by atoms with Crippen molar-refractivity contribution in [2.45, 2.75) is 12.3 Å². The summed E-state index contributed by atoms with van der Waals surface area (Å²) in [6.45, 7) is -0.634. The van der Waals surface area contributed by atoms with Gasteiger partial charge in [-0.05, 0) is 12.1 Å². The number of para-hydroxylation sites is 1. The molecule has 3 nitrogen and oxygen atoms in total. The van der Waals surface area contributed by atoms with Crippen LogP contribution in [0.15, 0.2) is 24.3 Å². The number of aliphatic hydroxyl groups is 2. The molecule has 0 saturated carbocycles. The Kier molecular flexibility index (Phi) is 4.14. The molecule has 0 bridgehead atoms. The molecule has 0 heterocycles. The van der Waals surface area contributed by atoms with Gasteiger partial charge in [0.2, 0.25) is 0 Å². The lowest BCUT2D eigenvalue weighted by Crippen LogP contribution is -2.24. The molecule has 0 fully saturated rings. The van der Waals surface area contributed by atoms with Crippen LogP contribution in [-0.4, -0.2) is 29.5 Å². The largest absolute Gasteiger partial charge is 0.418 e. The predicted molar refractivity (Wildman–Crippen MR) is 53.0 cm³/mol. The van der Waals surface area contributed by atoms with Crippen molar-refractivity contribution in [3.63, 3.8) is 0 Å². The number of alkyl halides is 3. The van der Waals surface area contributed by atoms with E-state index in [1.165, 1.54) is 18.2 Å². The summed E-state index contributed by atoms with van der Waals surface area (Å²) in [5.74, 6) is 0. The molecule has 1 aromatic carbocycles. The summed E-state index contributed by atoms with van der Waals surface area (Å²) in [5.41, 5.74) is -0.900. The van der Waals surface area contributed by atoms with Crippen LogP contribution in [0.4, 0.5) is 18.9 Å². The Balaban J connectivity index is 2.80. The SMILES string of the molecule is OCC(O)CNc1ccccc1C(F)(F)F. The Morgan fingerprint density at radius 3 is 2.44 bits per heavy atom. The van der Waals surface area contributed by atoms with Crippen molar-refractivity contribution in [2.75, 3.05) is 18.5 Å². The average Bonchev–Trinajstić information content (AvgIpc) is 2.25. The fourth-order valence-corrected chi connectivity index (χ4v) is 1.18. The highest BCUT2D eigenvalue weighted by Crippen LogP contribution is 2.34. The van der Waals surface area contributed by atoms with E-state index in [0.717, 1.165) is 6.07 Å². The molecule has 0 spiro atoms. The van der Waals surface area contributed by atoms with Gasteiger partial charge in [0, 0.05) is 12.2 Å². The van der Waals surface area contributed by atoms with Gasteiger partial charge in [0.15, 0.2) is 0 Å². The molecule has 6 heteroatoms. The number of hydrogen-bond acceptors (Lipinski definition) is 3. The molecule has 0 aromatic heterocycles. The zero-order valence-corrected chi connectivity index (χ0v) is 8.33. The number of aliphatic hydroxyl groups excluding tert-OH is 2. The van der Waals surface area contributed by atoms with Crippen LogP contribution in [0.5, 0.6) is 0 Å². The van der Waals surface area contributed by atoms with Crippen LogP contribution in [0.25, 0.3) is 0 Å². The molecule has 0 aliphatic heterocycles. The van der Waals surface area contributed by atoms with E-state index in [4.69, 9.17) is 10.2 Å². The molecular weight excluding hydrogens is 223 g/mol. The van der Waals surface area contributed by atoms with E-state index in [9.17, 15) is 13.2 Å². The summed E-state index contributed by atoms with van der Waals surface area (Å²) in [5, 5.41) is 20.0. The van der Waals surface area contributed by atoms with Gasteiger partial charge in [0.05, 0.1) is 18.3 Å². The van der Waals surface area contributed by atoms with E-state index in [0.29, 0.717) is 0 Å². The quantitative estimate of drug-likeness (QED) is 0.740. The van der Waals surface area contributed by atoms with Crippen molar-refractivity contribution in [3.8, 4) is 0 Å². The Labute approximate surface area is 90.5 Å². The lowest BCUT2D eigenvalue weighted by atomic mass is 10.1. The number of benzene rings is 1. The van der Waals surface area contributed by atoms with Crippen molar-refractivity contribution < 1.29 is 23.4 Å². The molecule has 0 saturated heterocycles. The van der Waals surface area contributed by atoms with Gasteiger partial charge in [0.25, 0.3) is 0 Å². The maximum absolute atomic E-state index is 12.5. The number of hydrogen-bond donors (Lipinski definition) is 3. The third-order valence-corrected chi connectivity index (χ3v) is 1.97. The second kappa shape index (κ2) is 5.18. The standard InChI is InChI=1S/C10H12F3NO2/c11-10(12,13)8-3-1-2-4-9(8)14-5-7(16)6-15/h1-4,7,14-16H,5-6H2. The van der Waals surface area contributed by atoms with E-state index in [1.807, 2.05) is 0 Å². The number of halogens is 3. The fourth-order valence-electron chi connectivity index (χ4n) is 1.18. The molecule has 0 aliphatic rings.